The molecule has 0 unspecified atom stereocenters. The summed E-state index contributed by atoms with van der Waals surface area (Å²) in [4.78, 5) is 2.56. The summed E-state index contributed by atoms with van der Waals surface area (Å²) in [6.45, 7) is 22.7. The molecule has 0 spiro atoms. The van der Waals surface area contributed by atoms with Crippen LogP contribution in [0, 0.1) is 27.7 Å². The quantitative estimate of drug-likeness (QED) is 0.138. The fourth-order valence-corrected chi connectivity index (χ4v) is 12.5. The van der Waals surface area contributed by atoms with Crippen LogP contribution in [0.15, 0.2) is 218 Å². The molecule has 2 nitrogen and oxygen atoms in total. The largest absolute Gasteiger partial charge is 0.309 e. The lowest BCUT2D eigenvalue weighted by Crippen LogP contribution is -2.13. The molecule has 0 saturated carbocycles. The molecule has 0 bridgehead atoms. The van der Waals surface area contributed by atoms with E-state index in [1.54, 1.807) is 0 Å². The Hall–Kier alpha value is -8.72. The summed E-state index contributed by atoms with van der Waals surface area (Å²) in [5.74, 6) is 0. The number of hydrogen-bond donors (Lipinski definition) is 0. The van der Waals surface area contributed by atoms with E-state index in [4.69, 9.17) is 0 Å². The first-order chi connectivity index (χ1) is 37.6. The van der Waals surface area contributed by atoms with Crippen molar-refractivity contribution in [3.63, 3.8) is 0 Å². The van der Waals surface area contributed by atoms with Crippen LogP contribution in [0.4, 0.5) is 17.1 Å². The summed E-state index contributed by atoms with van der Waals surface area (Å²) in [7, 11) is 0. The Balaban J connectivity index is 1.07. The van der Waals surface area contributed by atoms with E-state index in [1.807, 2.05) is 0 Å². The van der Waals surface area contributed by atoms with Crippen molar-refractivity contribution in [2.75, 3.05) is 4.90 Å². The molecule has 0 aliphatic heterocycles. The van der Waals surface area contributed by atoms with Crippen molar-refractivity contribution in [3.8, 4) is 50.2 Å². The van der Waals surface area contributed by atoms with Crippen molar-refractivity contribution in [1.82, 2.24) is 4.57 Å². The molecule has 0 atom stereocenters. The molecule has 380 valence electrons. The van der Waals surface area contributed by atoms with Gasteiger partial charge in [0.05, 0.1) is 28.1 Å². The standard InChI is InChI=1S/C76H66N2/c1-47-19-23-52(24-20-47)61-17-14-18-62(53-25-21-48(2)22-26-53)74(61)77(60-35-27-54(28-36-60)71-49(3)43-57(44-50(71)4)51-15-12-11-13-16-51)67-39-31-55-30-38-64-68(40-32-56-29-37-63(67)72(55)73(56)64)78-69-41-33-58(75(5,6)7)45-65(69)66-46-59(76(8,9)10)34-42-70(66)78/h11-46H,1-10H3. The van der Waals surface area contributed by atoms with Crippen LogP contribution in [-0.2, 0) is 10.8 Å². The molecule has 0 fully saturated rings. The first-order valence-corrected chi connectivity index (χ1v) is 27.7. The average molecular weight is 1010 g/mol. The van der Waals surface area contributed by atoms with Crippen molar-refractivity contribution in [2.45, 2.75) is 80.1 Å². The maximum absolute atomic E-state index is 2.56. The molecule has 78 heavy (non-hydrogen) atoms. The highest BCUT2D eigenvalue weighted by Gasteiger charge is 2.27. The van der Waals surface area contributed by atoms with Gasteiger partial charge in [0, 0.05) is 38.4 Å². The number of benzene rings is 12. The molecule has 0 radical (unpaired) electrons. The van der Waals surface area contributed by atoms with E-state index in [0.29, 0.717) is 0 Å². The lowest BCUT2D eigenvalue weighted by Gasteiger charge is -2.32. The van der Waals surface area contributed by atoms with Crippen molar-refractivity contribution in [1.29, 1.82) is 0 Å². The molecule has 0 N–H and O–H groups in total. The van der Waals surface area contributed by atoms with Crippen LogP contribution >= 0.6 is 0 Å². The van der Waals surface area contributed by atoms with E-state index < -0.39 is 0 Å². The maximum atomic E-state index is 2.56. The highest BCUT2D eigenvalue weighted by atomic mass is 15.1. The van der Waals surface area contributed by atoms with Crippen LogP contribution in [0.5, 0.6) is 0 Å². The first kappa shape index (κ1) is 48.9. The molecule has 1 heterocycles. The van der Waals surface area contributed by atoms with Crippen molar-refractivity contribution >= 4 is 71.2 Å². The Morgan fingerprint density at radius 3 is 1.38 bits per heavy atom. The molecule has 1 aromatic heterocycles. The second kappa shape index (κ2) is 18.5. The number of rotatable bonds is 8. The summed E-state index contributed by atoms with van der Waals surface area (Å²) in [6, 6.07) is 82.9. The summed E-state index contributed by atoms with van der Waals surface area (Å²) in [5, 5.41) is 10.0. The van der Waals surface area contributed by atoms with Crippen LogP contribution in [0.25, 0.3) is 104 Å². The SMILES string of the molecule is Cc1ccc(-c2cccc(-c3ccc(C)cc3)c2N(c2ccc(-c3c(C)cc(-c4ccccc4)cc3C)cc2)c2ccc3ccc4c(-n5c6ccc(C(C)(C)C)cc6c6cc(C(C)(C)C)ccc65)ccc5ccc2c3c54)cc1. The molecule has 0 saturated heterocycles. The Morgan fingerprint density at radius 1 is 0.359 bits per heavy atom. The fraction of sp³-hybridized carbons (Fsp3) is 0.158. The summed E-state index contributed by atoms with van der Waals surface area (Å²) in [5.41, 5.74) is 24.4. The van der Waals surface area contributed by atoms with Gasteiger partial charge in [0.25, 0.3) is 0 Å². The smallest absolute Gasteiger partial charge is 0.0618 e. The Bertz CT molecular complexity index is 4280. The predicted octanol–water partition coefficient (Wildman–Crippen LogP) is 21.6. The predicted molar refractivity (Wildman–Crippen MR) is 337 cm³/mol. The van der Waals surface area contributed by atoms with E-state index in [-0.39, 0.29) is 10.8 Å². The van der Waals surface area contributed by atoms with Crippen LogP contribution < -0.4 is 4.90 Å². The molecule has 13 rings (SSSR count). The second-order valence-corrected chi connectivity index (χ2v) is 24.1. The Labute approximate surface area is 460 Å². The lowest BCUT2D eigenvalue weighted by molar-refractivity contribution is 0.590. The zero-order valence-corrected chi connectivity index (χ0v) is 46.7. The van der Waals surface area contributed by atoms with E-state index in [2.05, 4.69) is 297 Å². The lowest BCUT2D eigenvalue weighted by atomic mass is 9.85. The van der Waals surface area contributed by atoms with Crippen molar-refractivity contribution in [2.24, 2.45) is 0 Å². The van der Waals surface area contributed by atoms with Gasteiger partial charge in [-0.1, -0.05) is 223 Å². The minimum atomic E-state index is 0.0135. The third-order valence-corrected chi connectivity index (χ3v) is 16.6. The molecule has 0 aliphatic rings. The molecule has 0 amide bonds. The second-order valence-electron chi connectivity index (χ2n) is 24.1. The van der Waals surface area contributed by atoms with Crippen LogP contribution in [0.3, 0.4) is 0 Å². The van der Waals surface area contributed by atoms with Gasteiger partial charge in [-0.25, -0.2) is 0 Å². The highest BCUT2D eigenvalue weighted by Crippen LogP contribution is 2.51. The van der Waals surface area contributed by atoms with Crippen LogP contribution in [0.1, 0.15) is 74.9 Å². The van der Waals surface area contributed by atoms with Gasteiger partial charge >= 0.3 is 0 Å². The average Bonchev–Trinajstić information content (AvgIpc) is 3.94. The Kier molecular flexibility index (Phi) is 11.6. The van der Waals surface area contributed by atoms with Gasteiger partial charge in [0.15, 0.2) is 0 Å². The van der Waals surface area contributed by atoms with Gasteiger partial charge in [0.2, 0.25) is 0 Å². The maximum Gasteiger partial charge on any atom is 0.0618 e. The van der Waals surface area contributed by atoms with Crippen molar-refractivity contribution < 1.29 is 0 Å². The number of hydrogen-bond acceptors (Lipinski definition) is 1. The molecule has 2 heteroatoms. The number of fused-ring (bicyclic) bond motifs is 3. The molecule has 0 aliphatic carbocycles. The summed E-state index contributed by atoms with van der Waals surface area (Å²) < 4.78 is 2.54. The van der Waals surface area contributed by atoms with Crippen LogP contribution in [-0.4, -0.2) is 4.57 Å². The monoisotopic (exact) mass is 1010 g/mol. The Morgan fingerprint density at radius 2 is 0.846 bits per heavy atom. The summed E-state index contributed by atoms with van der Waals surface area (Å²) in [6.07, 6.45) is 0. The first-order valence-electron chi connectivity index (χ1n) is 27.7. The minimum absolute atomic E-state index is 0.0135. The molecular weight excluding hydrogens is 941 g/mol. The zero-order chi connectivity index (χ0) is 53.8. The van der Waals surface area contributed by atoms with Gasteiger partial charge in [-0.2, -0.15) is 0 Å². The molecule has 13 aromatic rings. The number of aromatic nitrogens is 1. The summed E-state index contributed by atoms with van der Waals surface area (Å²) >= 11 is 0. The topological polar surface area (TPSA) is 8.17 Å². The van der Waals surface area contributed by atoms with Gasteiger partial charge in [0.1, 0.15) is 0 Å². The number of para-hydroxylation sites is 1. The van der Waals surface area contributed by atoms with Crippen LogP contribution in [0.2, 0.25) is 0 Å². The van der Waals surface area contributed by atoms with Gasteiger partial charge in [-0.15, -0.1) is 0 Å². The normalized spacial score (nSPS) is 12.2. The van der Waals surface area contributed by atoms with E-state index in [0.717, 1.165) is 17.1 Å². The molecular formula is C76H66N2. The number of nitrogens with zero attached hydrogens (tertiary/aromatic N) is 2. The van der Waals surface area contributed by atoms with Gasteiger partial charge in [-0.3, -0.25) is 0 Å². The van der Waals surface area contributed by atoms with Gasteiger partial charge in [-0.05, 0) is 164 Å². The fourth-order valence-electron chi connectivity index (χ4n) is 12.5. The number of anilines is 3. The van der Waals surface area contributed by atoms with E-state index >= 15 is 0 Å². The van der Waals surface area contributed by atoms with E-state index in [1.165, 1.54) is 138 Å². The number of aryl methyl sites for hydroxylation is 4. The van der Waals surface area contributed by atoms with Crippen molar-refractivity contribution in [3.05, 3.63) is 252 Å². The third kappa shape index (κ3) is 8.25. The van der Waals surface area contributed by atoms with Gasteiger partial charge < -0.3 is 9.47 Å². The third-order valence-electron chi connectivity index (χ3n) is 16.6. The molecule has 12 aromatic carbocycles. The van der Waals surface area contributed by atoms with E-state index in [9.17, 15) is 0 Å². The minimum Gasteiger partial charge on any atom is -0.309 e. The zero-order valence-electron chi connectivity index (χ0n) is 46.7. The highest BCUT2D eigenvalue weighted by molar-refractivity contribution is 6.28.